The SMILES string of the molecule is C=CC(=O)Nc1cc(Nc2cc(N3OCCC3c3cccc(OCc4cccc(F)c4)c3)ncn2)c(OC)cc1N1CCC(N2CCN(C3CC3)CC2)CC1. The molecule has 0 radical (unpaired) electrons. The predicted octanol–water partition coefficient (Wildman–Crippen LogP) is 6.70. The second-order valence-electron chi connectivity index (χ2n) is 14.6. The Hall–Kier alpha value is -5.24. The number of halogens is 1. The second-order valence-corrected chi connectivity index (χ2v) is 14.6. The molecule has 1 aromatic heterocycles. The number of aromatic nitrogens is 2. The van der Waals surface area contributed by atoms with Crippen LogP contribution in [0.1, 0.15) is 49.3 Å². The summed E-state index contributed by atoms with van der Waals surface area (Å²) in [4.78, 5) is 35.5. The van der Waals surface area contributed by atoms with Gasteiger partial charge in [-0.3, -0.25) is 19.4 Å². The van der Waals surface area contributed by atoms with Crippen molar-refractivity contribution in [2.45, 2.75) is 56.8 Å². The third kappa shape index (κ3) is 8.69. The van der Waals surface area contributed by atoms with E-state index in [9.17, 15) is 9.18 Å². The van der Waals surface area contributed by atoms with E-state index < -0.39 is 0 Å². The maximum Gasteiger partial charge on any atom is 0.247 e. The minimum Gasteiger partial charge on any atom is -0.494 e. The molecular formula is C42H49FN8O4. The average molecular weight is 749 g/mol. The van der Waals surface area contributed by atoms with E-state index in [2.05, 4.69) is 41.9 Å². The van der Waals surface area contributed by atoms with Gasteiger partial charge in [0.25, 0.3) is 0 Å². The highest BCUT2D eigenvalue weighted by Crippen LogP contribution is 2.41. The Morgan fingerprint density at radius 2 is 1.67 bits per heavy atom. The van der Waals surface area contributed by atoms with Crippen molar-refractivity contribution in [3.8, 4) is 11.5 Å². The number of hydrogen-bond donors (Lipinski definition) is 2. The fourth-order valence-electron chi connectivity index (χ4n) is 8.04. The molecule has 4 heterocycles. The number of piperidine rings is 1. The van der Waals surface area contributed by atoms with Crippen molar-refractivity contribution in [3.05, 3.63) is 103 Å². The quantitative estimate of drug-likeness (QED) is 0.143. The van der Waals surface area contributed by atoms with Crippen LogP contribution in [0.15, 0.2) is 85.7 Å². The average Bonchev–Trinajstić information content (AvgIpc) is 3.96. The van der Waals surface area contributed by atoms with Crippen LogP contribution < -0.4 is 30.1 Å². The van der Waals surface area contributed by atoms with Crippen LogP contribution in [0.3, 0.4) is 0 Å². The molecule has 3 aliphatic heterocycles. The van der Waals surface area contributed by atoms with Crippen LogP contribution in [0.5, 0.6) is 11.5 Å². The molecule has 3 saturated heterocycles. The predicted molar refractivity (Wildman–Crippen MR) is 212 cm³/mol. The normalized spacial score (nSPS) is 19.6. The molecule has 4 aromatic rings. The smallest absolute Gasteiger partial charge is 0.247 e. The van der Waals surface area contributed by atoms with Crippen molar-refractivity contribution >= 4 is 34.6 Å². The Kier molecular flexibility index (Phi) is 11.1. The lowest BCUT2D eigenvalue weighted by Crippen LogP contribution is -2.53. The van der Waals surface area contributed by atoms with Crippen LogP contribution in [0, 0.1) is 5.82 Å². The minimum absolute atomic E-state index is 0.119. The van der Waals surface area contributed by atoms with Gasteiger partial charge < -0.3 is 25.0 Å². The Bertz CT molecular complexity index is 1980. The Balaban J connectivity index is 0.963. The largest absolute Gasteiger partial charge is 0.494 e. The van der Waals surface area contributed by atoms with Gasteiger partial charge in [0.05, 0.1) is 36.8 Å². The summed E-state index contributed by atoms with van der Waals surface area (Å²) < 4.78 is 25.6. The molecule has 1 unspecified atom stereocenters. The first kappa shape index (κ1) is 36.7. The van der Waals surface area contributed by atoms with Gasteiger partial charge in [-0.1, -0.05) is 30.8 Å². The Morgan fingerprint density at radius 1 is 0.909 bits per heavy atom. The molecule has 1 saturated carbocycles. The maximum atomic E-state index is 13.7. The van der Waals surface area contributed by atoms with Gasteiger partial charge in [-0.25, -0.2) is 19.4 Å². The highest BCUT2D eigenvalue weighted by Gasteiger charge is 2.34. The van der Waals surface area contributed by atoms with Gasteiger partial charge >= 0.3 is 0 Å². The summed E-state index contributed by atoms with van der Waals surface area (Å²) in [5.41, 5.74) is 3.98. The van der Waals surface area contributed by atoms with Crippen molar-refractivity contribution in [2.75, 3.05) is 73.6 Å². The molecule has 8 rings (SSSR count). The van der Waals surface area contributed by atoms with E-state index in [1.165, 1.54) is 50.5 Å². The van der Waals surface area contributed by atoms with E-state index in [4.69, 9.17) is 14.3 Å². The van der Waals surface area contributed by atoms with Gasteiger partial charge in [0, 0.05) is 69.9 Å². The summed E-state index contributed by atoms with van der Waals surface area (Å²) in [7, 11) is 1.64. The van der Waals surface area contributed by atoms with Crippen LogP contribution in [-0.2, 0) is 16.2 Å². The number of nitrogens with zero attached hydrogens (tertiary/aromatic N) is 6. The van der Waals surface area contributed by atoms with Crippen LogP contribution in [0.25, 0.3) is 0 Å². The number of hydroxylamine groups is 1. The zero-order valence-corrected chi connectivity index (χ0v) is 31.3. The van der Waals surface area contributed by atoms with E-state index in [0.717, 1.165) is 68.3 Å². The molecule has 1 atom stereocenters. The highest BCUT2D eigenvalue weighted by molar-refractivity contribution is 6.02. The molecule has 3 aromatic carbocycles. The van der Waals surface area contributed by atoms with Crippen molar-refractivity contribution in [1.29, 1.82) is 0 Å². The number of carbonyl (C=O) groups is 1. The molecule has 0 bridgehead atoms. The van der Waals surface area contributed by atoms with Gasteiger partial charge in [0.2, 0.25) is 5.91 Å². The fourth-order valence-corrected chi connectivity index (χ4v) is 8.04. The summed E-state index contributed by atoms with van der Waals surface area (Å²) in [6.45, 7) is 10.9. The van der Waals surface area contributed by atoms with Gasteiger partial charge in [-0.2, -0.15) is 0 Å². The Labute approximate surface area is 321 Å². The summed E-state index contributed by atoms with van der Waals surface area (Å²) >= 11 is 0. The molecule has 4 aliphatic rings. The van der Waals surface area contributed by atoms with Crippen molar-refractivity contribution < 1.29 is 23.5 Å². The lowest BCUT2D eigenvalue weighted by molar-refractivity contribution is -0.111. The van der Waals surface area contributed by atoms with E-state index in [1.54, 1.807) is 18.2 Å². The first-order valence-corrected chi connectivity index (χ1v) is 19.3. The zero-order chi connectivity index (χ0) is 37.7. The number of piperazine rings is 1. The number of rotatable bonds is 13. The van der Waals surface area contributed by atoms with Gasteiger partial charge in [0.1, 0.15) is 36.1 Å². The molecule has 288 valence electrons. The number of benzene rings is 3. The molecule has 13 heteroatoms. The maximum absolute atomic E-state index is 13.7. The number of amides is 1. The molecule has 1 aliphatic carbocycles. The topological polar surface area (TPSA) is 108 Å². The molecular weight excluding hydrogens is 700 g/mol. The fraction of sp³-hybridized carbons (Fsp3) is 0.405. The van der Waals surface area contributed by atoms with Gasteiger partial charge in [-0.05, 0) is 73.2 Å². The highest BCUT2D eigenvalue weighted by atomic mass is 19.1. The van der Waals surface area contributed by atoms with Crippen molar-refractivity contribution in [1.82, 2.24) is 19.8 Å². The summed E-state index contributed by atoms with van der Waals surface area (Å²) in [6, 6.07) is 21.2. The summed E-state index contributed by atoms with van der Waals surface area (Å²) in [5, 5.41) is 8.24. The zero-order valence-electron chi connectivity index (χ0n) is 31.3. The van der Waals surface area contributed by atoms with Crippen molar-refractivity contribution in [3.63, 3.8) is 0 Å². The van der Waals surface area contributed by atoms with Gasteiger partial charge in [0.15, 0.2) is 5.82 Å². The molecule has 4 fully saturated rings. The molecule has 1 amide bonds. The standard InChI is InChI=1S/C42H49FN8O4/c1-3-42(52)47-35-24-36(39(53-2)25-38(35)50-15-12-33(13-16-50)49-19-17-48(18-20-49)32-10-11-32)46-40-26-41(45-28-44-40)51-37(14-21-55-51)30-7-5-9-34(23-30)54-27-29-6-4-8-31(43)22-29/h3-9,22-26,28,32-33,37H,1,10-21,27H2,2H3,(H,47,52)(H,44,45,46). The molecule has 55 heavy (non-hydrogen) atoms. The van der Waals surface area contributed by atoms with Crippen molar-refractivity contribution in [2.24, 2.45) is 0 Å². The first-order valence-electron chi connectivity index (χ1n) is 19.3. The monoisotopic (exact) mass is 748 g/mol. The number of nitrogens with one attached hydrogen (secondary N) is 2. The number of carbonyl (C=O) groups excluding carboxylic acids is 1. The summed E-state index contributed by atoms with van der Waals surface area (Å²) in [5.74, 6) is 1.84. The van der Waals surface area contributed by atoms with Crippen LogP contribution >= 0.6 is 0 Å². The minimum atomic E-state index is -0.290. The summed E-state index contributed by atoms with van der Waals surface area (Å²) in [6.07, 6.45) is 8.38. The first-order chi connectivity index (χ1) is 26.9. The van der Waals surface area contributed by atoms with E-state index in [-0.39, 0.29) is 24.4 Å². The molecule has 0 spiro atoms. The number of hydrogen-bond acceptors (Lipinski definition) is 11. The van der Waals surface area contributed by atoms with E-state index in [0.29, 0.717) is 47.2 Å². The van der Waals surface area contributed by atoms with Crippen LogP contribution in [0.2, 0.25) is 0 Å². The van der Waals surface area contributed by atoms with Crippen LogP contribution in [-0.4, -0.2) is 90.7 Å². The second kappa shape index (κ2) is 16.6. The third-order valence-electron chi connectivity index (χ3n) is 11.1. The molecule has 12 nitrogen and oxygen atoms in total. The lowest BCUT2D eigenvalue weighted by Gasteiger charge is -2.43. The van der Waals surface area contributed by atoms with E-state index >= 15 is 0 Å². The van der Waals surface area contributed by atoms with E-state index in [1.807, 2.05) is 48.5 Å². The van der Waals surface area contributed by atoms with Gasteiger partial charge in [-0.15, -0.1) is 0 Å². The number of anilines is 5. The number of ether oxygens (including phenoxy) is 2. The number of methoxy groups -OCH3 is 1. The van der Waals surface area contributed by atoms with Crippen LogP contribution in [0.4, 0.5) is 33.1 Å². The molecule has 2 N–H and O–H groups in total. The Morgan fingerprint density at radius 3 is 2.40 bits per heavy atom. The third-order valence-corrected chi connectivity index (χ3v) is 11.1. The lowest BCUT2D eigenvalue weighted by atomic mass is 10.0.